The van der Waals surface area contributed by atoms with Gasteiger partial charge in [-0.3, -0.25) is 9.59 Å². The van der Waals surface area contributed by atoms with E-state index in [9.17, 15) is 9.59 Å². The predicted molar refractivity (Wildman–Crippen MR) is 105 cm³/mol. The third kappa shape index (κ3) is 4.58. The third-order valence-corrected chi connectivity index (χ3v) is 4.71. The molecule has 2 aromatic rings. The maximum absolute atomic E-state index is 12.5. The van der Waals surface area contributed by atoms with Gasteiger partial charge >= 0.3 is 0 Å². The molecule has 3 rings (SSSR count). The molecule has 1 aliphatic rings. The summed E-state index contributed by atoms with van der Waals surface area (Å²) in [5.41, 5.74) is 2.01. The highest BCUT2D eigenvalue weighted by Crippen LogP contribution is 2.32. The summed E-state index contributed by atoms with van der Waals surface area (Å²) >= 11 is 0. The number of ether oxygens (including phenoxy) is 1. The fraction of sp³-hybridized carbons (Fsp3) is 0.333. The van der Waals surface area contributed by atoms with Crippen molar-refractivity contribution in [1.29, 1.82) is 0 Å². The molecule has 2 N–H and O–H groups in total. The molecule has 0 radical (unpaired) electrons. The van der Waals surface area contributed by atoms with Gasteiger partial charge in [0.1, 0.15) is 5.75 Å². The molecule has 0 aromatic heterocycles. The number of nitrogens with one attached hydrogen (secondary N) is 2. The zero-order chi connectivity index (χ0) is 19.2. The fourth-order valence-electron chi connectivity index (χ4n) is 3.15. The zero-order valence-electron chi connectivity index (χ0n) is 15.6. The third-order valence-electron chi connectivity index (χ3n) is 4.71. The number of nitrogens with zero attached hydrogens (tertiary/aromatic N) is 1. The summed E-state index contributed by atoms with van der Waals surface area (Å²) in [6, 6.07) is 17.5. The van der Waals surface area contributed by atoms with Gasteiger partial charge in [-0.2, -0.15) is 0 Å². The minimum absolute atomic E-state index is 0.0786. The maximum atomic E-state index is 12.5. The van der Waals surface area contributed by atoms with Crippen molar-refractivity contribution in [3.63, 3.8) is 0 Å². The lowest BCUT2D eigenvalue weighted by Gasteiger charge is -2.35. The number of hydrogen-bond donors (Lipinski definition) is 2. The van der Waals surface area contributed by atoms with Crippen LogP contribution in [0.1, 0.15) is 18.4 Å². The van der Waals surface area contributed by atoms with Gasteiger partial charge in [0.25, 0.3) is 5.91 Å². The molecule has 0 spiro atoms. The minimum Gasteiger partial charge on any atom is -0.477 e. The summed E-state index contributed by atoms with van der Waals surface area (Å²) in [5, 5.41) is 5.60. The lowest BCUT2D eigenvalue weighted by atomic mass is 10.0. The van der Waals surface area contributed by atoms with Crippen molar-refractivity contribution >= 4 is 17.5 Å². The van der Waals surface area contributed by atoms with Gasteiger partial charge in [-0.1, -0.05) is 49.4 Å². The molecule has 2 amide bonds. The molecule has 1 aliphatic heterocycles. The molecule has 0 unspecified atom stereocenters. The first-order valence-corrected chi connectivity index (χ1v) is 9.12. The van der Waals surface area contributed by atoms with Crippen LogP contribution in [0, 0.1) is 0 Å². The van der Waals surface area contributed by atoms with Crippen LogP contribution in [0.25, 0.3) is 0 Å². The first-order valence-electron chi connectivity index (χ1n) is 9.12. The lowest BCUT2D eigenvalue weighted by Crippen LogP contribution is -2.50. The number of carbonyl (C=O) groups is 2. The monoisotopic (exact) mass is 367 g/mol. The van der Waals surface area contributed by atoms with Gasteiger partial charge in [0.05, 0.1) is 18.8 Å². The predicted octanol–water partition coefficient (Wildman–Crippen LogP) is 1.92. The standard InChI is InChI=1S/C21H25N3O3/c1-15(16-8-4-3-5-9-16)12-23-20(25)14-24-13-19(21(26)22-2)27-18-11-7-6-10-17(18)24/h3-11,15,19H,12-14H2,1-2H3,(H,22,26)(H,23,25)/t15-,19+/m0/s1. The highest BCUT2D eigenvalue weighted by molar-refractivity contribution is 5.86. The molecule has 142 valence electrons. The number of rotatable bonds is 6. The number of fused-ring (bicyclic) bond motifs is 1. The van der Waals surface area contributed by atoms with Gasteiger partial charge in [-0.15, -0.1) is 0 Å². The van der Waals surface area contributed by atoms with Crippen LogP contribution in [0.3, 0.4) is 0 Å². The molecule has 0 aliphatic carbocycles. The van der Waals surface area contributed by atoms with E-state index in [4.69, 9.17) is 4.74 Å². The van der Waals surface area contributed by atoms with Crippen LogP contribution in [0.2, 0.25) is 0 Å². The smallest absolute Gasteiger partial charge is 0.262 e. The van der Waals surface area contributed by atoms with Crippen molar-refractivity contribution in [3.05, 3.63) is 60.2 Å². The Hall–Kier alpha value is -3.02. The van der Waals surface area contributed by atoms with Crippen molar-refractivity contribution in [2.45, 2.75) is 18.9 Å². The molecule has 0 saturated heterocycles. The van der Waals surface area contributed by atoms with Crippen molar-refractivity contribution in [2.24, 2.45) is 0 Å². The summed E-state index contributed by atoms with van der Waals surface area (Å²) in [6.45, 7) is 3.16. The molecule has 0 bridgehead atoms. The average Bonchev–Trinajstić information content (AvgIpc) is 2.72. The van der Waals surface area contributed by atoms with E-state index >= 15 is 0 Å². The lowest BCUT2D eigenvalue weighted by molar-refractivity contribution is -0.127. The van der Waals surface area contributed by atoms with E-state index in [-0.39, 0.29) is 24.3 Å². The summed E-state index contributed by atoms with van der Waals surface area (Å²) in [4.78, 5) is 26.4. The molecule has 1 heterocycles. The molecule has 6 heteroatoms. The van der Waals surface area contributed by atoms with Crippen molar-refractivity contribution < 1.29 is 14.3 Å². The minimum atomic E-state index is -0.638. The Morgan fingerprint density at radius 3 is 2.59 bits per heavy atom. The summed E-state index contributed by atoms with van der Waals surface area (Å²) in [5.74, 6) is 0.561. The molecular weight excluding hydrogens is 342 g/mol. The van der Waals surface area contributed by atoms with E-state index in [2.05, 4.69) is 29.7 Å². The van der Waals surface area contributed by atoms with Crippen molar-refractivity contribution in [1.82, 2.24) is 10.6 Å². The second-order valence-corrected chi connectivity index (χ2v) is 6.68. The largest absolute Gasteiger partial charge is 0.477 e. The van der Waals surface area contributed by atoms with Crippen LogP contribution in [-0.4, -0.2) is 44.6 Å². The van der Waals surface area contributed by atoms with Crippen LogP contribution >= 0.6 is 0 Å². The van der Waals surface area contributed by atoms with E-state index in [1.165, 1.54) is 5.56 Å². The highest BCUT2D eigenvalue weighted by atomic mass is 16.5. The molecule has 0 saturated carbocycles. The summed E-state index contributed by atoms with van der Waals surface area (Å²) in [7, 11) is 1.58. The maximum Gasteiger partial charge on any atom is 0.262 e. The number of amides is 2. The zero-order valence-corrected chi connectivity index (χ0v) is 15.6. The SMILES string of the molecule is CNC(=O)[C@H]1CN(CC(=O)NC[C@H](C)c2ccccc2)c2ccccc2O1. The van der Waals surface area contributed by atoms with Gasteiger partial charge in [-0.25, -0.2) is 0 Å². The van der Waals surface area contributed by atoms with E-state index in [0.29, 0.717) is 18.8 Å². The van der Waals surface area contributed by atoms with Gasteiger partial charge in [0, 0.05) is 13.6 Å². The molecular formula is C21H25N3O3. The Kier molecular flexibility index (Phi) is 5.96. The highest BCUT2D eigenvalue weighted by Gasteiger charge is 2.30. The van der Waals surface area contributed by atoms with Crippen LogP contribution in [0.4, 0.5) is 5.69 Å². The first kappa shape index (κ1) is 18.8. The molecule has 2 atom stereocenters. The Bertz CT molecular complexity index is 794. The Morgan fingerprint density at radius 1 is 1.15 bits per heavy atom. The van der Waals surface area contributed by atoms with Crippen LogP contribution < -0.4 is 20.3 Å². The average molecular weight is 367 g/mol. The topological polar surface area (TPSA) is 70.7 Å². The normalized spacial score (nSPS) is 16.7. The van der Waals surface area contributed by atoms with Crippen LogP contribution in [0.5, 0.6) is 5.75 Å². The number of hydrogen-bond acceptors (Lipinski definition) is 4. The Labute approximate surface area is 159 Å². The number of likely N-dealkylation sites (N-methyl/N-ethyl adjacent to an activating group) is 1. The van der Waals surface area contributed by atoms with Crippen molar-refractivity contribution in [3.8, 4) is 5.75 Å². The van der Waals surface area contributed by atoms with Gasteiger partial charge < -0.3 is 20.3 Å². The first-order chi connectivity index (χ1) is 13.1. The molecule has 27 heavy (non-hydrogen) atoms. The Balaban J connectivity index is 1.63. The number of carbonyl (C=O) groups excluding carboxylic acids is 2. The Morgan fingerprint density at radius 2 is 1.85 bits per heavy atom. The summed E-state index contributed by atoms with van der Waals surface area (Å²) in [6.07, 6.45) is -0.638. The van der Waals surface area contributed by atoms with Gasteiger partial charge in [0.2, 0.25) is 5.91 Å². The van der Waals surface area contributed by atoms with Gasteiger partial charge in [-0.05, 0) is 23.6 Å². The van der Waals surface area contributed by atoms with Gasteiger partial charge in [0.15, 0.2) is 6.10 Å². The van der Waals surface area contributed by atoms with Crippen LogP contribution in [0.15, 0.2) is 54.6 Å². The second kappa shape index (κ2) is 8.58. The number of benzene rings is 2. The van der Waals surface area contributed by atoms with E-state index in [1.54, 1.807) is 7.05 Å². The van der Waals surface area contributed by atoms with Crippen molar-refractivity contribution in [2.75, 3.05) is 31.6 Å². The van der Waals surface area contributed by atoms with E-state index in [0.717, 1.165) is 5.69 Å². The van der Waals surface area contributed by atoms with E-state index in [1.807, 2.05) is 47.4 Å². The number of anilines is 1. The number of para-hydroxylation sites is 2. The van der Waals surface area contributed by atoms with E-state index < -0.39 is 6.10 Å². The molecule has 2 aromatic carbocycles. The van der Waals surface area contributed by atoms with Crippen LogP contribution in [-0.2, 0) is 9.59 Å². The quantitative estimate of drug-likeness (QED) is 0.818. The second-order valence-electron chi connectivity index (χ2n) is 6.68. The fourth-order valence-corrected chi connectivity index (χ4v) is 3.15. The summed E-state index contributed by atoms with van der Waals surface area (Å²) < 4.78 is 5.77. The molecule has 0 fully saturated rings. The molecule has 6 nitrogen and oxygen atoms in total.